The minimum absolute atomic E-state index is 0.00815. The number of benzene rings is 1. The van der Waals surface area contributed by atoms with E-state index in [2.05, 4.69) is 7.05 Å². The molecular weight excluding hydrogens is 440 g/mol. The first-order valence-electron chi connectivity index (χ1n) is 13.2. The predicted molar refractivity (Wildman–Crippen MR) is 132 cm³/mol. The van der Waals surface area contributed by atoms with Crippen LogP contribution in [0.15, 0.2) is 41.2 Å². The summed E-state index contributed by atoms with van der Waals surface area (Å²) in [7, 11) is 4.39. The second-order valence-corrected chi connectivity index (χ2v) is 12.0. The van der Waals surface area contributed by atoms with Gasteiger partial charge in [0.25, 0.3) is 0 Å². The number of carbonyl (C=O) groups excluding carboxylic acids is 1. The quantitative estimate of drug-likeness (QED) is 0.522. The average Bonchev–Trinajstić information content (AvgIpc) is 3.37. The molecule has 6 nitrogen and oxygen atoms in total. The van der Waals surface area contributed by atoms with Crippen molar-refractivity contribution in [3.05, 3.63) is 53.5 Å². The van der Waals surface area contributed by atoms with E-state index in [9.17, 15) is 9.90 Å². The van der Waals surface area contributed by atoms with Gasteiger partial charge in [-0.15, -0.1) is 0 Å². The maximum Gasteiger partial charge on any atom is 0.246 e. The number of likely N-dealkylation sites (N-methyl/N-ethyl adjacent to an activating group) is 2. The number of aromatic hydroxyl groups is 1. The third kappa shape index (κ3) is 3.01. The fourth-order valence-corrected chi connectivity index (χ4v) is 8.32. The summed E-state index contributed by atoms with van der Waals surface area (Å²) in [6, 6.07) is 6.14. The minimum Gasteiger partial charge on any atom is -0.508 e. The van der Waals surface area contributed by atoms with E-state index >= 15 is 0 Å². The third-order valence-electron chi connectivity index (χ3n) is 10.2. The summed E-state index contributed by atoms with van der Waals surface area (Å²) < 4.78 is 13.0. The molecule has 3 aliphatic carbocycles. The van der Waals surface area contributed by atoms with E-state index in [4.69, 9.17) is 9.15 Å². The van der Waals surface area contributed by atoms with Gasteiger partial charge in [-0.25, -0.2) is 0 Å². The van der Waals surface area contributed by atoms with Gasteiger partial charge < -0.3 is 23.6 Å². The lowest BCUT2D eigenvalue weighted by atomic mass is 9.50. The standard InChI is InChI=1S/C29H34N2O4/c1-30(26(33)10-5-19-11-14-34-17-19)22-7-6-21-23-15-20-24(32)8-9-25-27(20)29(21,28(22)35-25)12-13-31(23,2)16-18-3-4-18/h5,8-11,14,17-18,21-23,28H,3-4,6-7,12-13,15-16H2,1-2H3/p+1/t21?,22-,23?,28?,29+,31+/m1/s1. The molecule has 3 heterocycles. The van der Waals surface area contributed by atoms with Crippen molar-refractivity contribution in [2.24, 2.45) is 11.8 Å². The molecule has 1 aromatic heterocycles. The smallest absolute Gasteiger partial charge is 0.246 e. The van der Waals surface area contributed by atoms with Crippen LogP contribution in [0, 0.1) is 11.8 Å². The first-order chi connectivity index (χ1) is 16.9. The monoisotopic (exact) mass is 475 g/mol. The van der Waals surface area contributed by atoms with Crippen LogP contribution in [-0.2, 0) is 16.6 Å². The van der Waals surface area contributed by atoms with E-state index in [1.54, 1.807) is 18.6 Å². The Morgan fingerprint density at radius 1 is 1.26 bits per heavy atom. The van der Waals surface area contributed by atoms with Crippen molar-refractivity contribution in [1.29, 1.82) is 0 Å². The topological polar surface area (TPSA) is 62.9 Å². The van der Waals surface area contributed by atoms with E-state index in [1.807, 2.05) is 36.2 Å². The van der Waals surface area contributed by atoms with Crippen LogP contribution < -0.4 is 4.74 Å². The number of likely N-dealkylation sites (tertiary alicyclic amines) is 1. The van der Waals surface area contributed by atoms with Crippen molar-refractivity contribution in [1.82, 2.24) is 4.90 Å². The molecule has 3 unspecified atom stereocenters. The Kier molecular flexibility index (Phi) is 4.55. The highest BCUT2D eigenvalue weighted by atomic mass is 16.5. The van der Waals surface area contributed by atoms with Crippen molar-refractivity contribution in [3.8, 4) is 11.5 Å². The summed E-state index contributed by atoms with van der Waals surface area (Å²) in [4.78, 5) is 15.1. The fraction of sp³-hybridized carbons (Fsp3) is 0.552. The SMILES string of the molecule is CN(C(=O)C=Cc1ccoc1)[C@@H]1CCC2C3Cc4c(O)ccc5c4[C@@]2(CC[N@@+]3(C)CC2CC2)C1O5. The van der Waals surface area contributed by atoms with Gasteiger partial charge in [0.1, 0.15) is 17.6 Å². The predicted octanol–water partition coefficient (Wildman–Crippen LogP) is 4.12. The average molecular weight is 476 g/mol. The molecule has 1 saturated heterocycles. The molecule has 5 aliphatic rings. The molecule has 2 aliphatic heterocycles. The summed E-state index contributed by atoms with van der Waals surface area (Å²) in [5.74, 6) is 2.75. The molecule has 184 valence electrons. The van der Waals surface area contributed by atoms with Gasteiger partial charge in [-0.05, 0) is 50.0 Å². The van der Waals surface area contributed by atoms with Crippen LogP contribution in [0.2, 0.25) is 0 Å². The number of hydrogen-bond acceptors (Lipinski definition) is 4. The van der Waals surface area contributed by atoms with Gasteiger partial charge in [0.2, 0.25) is 5.91 Å². The lowest BCUT2D eigenvalue weighted by Gasteiger charge is -2.62. The van der Waals surface area contributed by atoms with Gasteiger partial charge in [0, 0.05) is 54.5 Å². The Morgan fingerprint density at radius 3 is 2.89 bits per heavy atom. The molecule has 35 heavy (non-hydrogen) atoms. The summed E-state index contributed by atoms with van der Waals surface area (Å²) >= 11 is 0. The molecule has 2 saturated carbocycles. The lowest BCUT2D eigenvalue weighted by Crippen LogP contribution is -2.73. The van der Waals surface area contributed by atoms with Crippen LogP contribution in [0.1, 0.15) is 48.8 Å². The highest BCUT2D eigenvalue weighted by Gasteiger charge is 2.69. The molecule has 2 bridgehead atoms. The Morgan fingerprint density at radius 2 is 2.11 bits per heavy atom. The van der Waals surface area contributed by atoms with Gasteiger partial charge in [0.05, 0.1) is 50.2 Å². The largest absolute Gasteiger partial charge is 0.508 e. The highest BCUT2D eigenvalue weighted by molar-refractivity contribution is 5.91. The fourth-order valence-electron chi connectivity index (χ4n) is 8.32. The normalized spacial score (nSPS) is 36.6. The number of phenols is 1. The first kappa shape index (κ1) is 21.5. The van der Waals surface area contributed by atoms with Crippen LogP contribution in [0.3, 0.4) is 0 Å². The third-order valence-corrected chi connectivity index (χ3v) is 10.2. The number of furan rings is 1. The van der Waals surface area contributed by atoms with Crippen LogP contribution in [0.25, 0.3) is 6.08 Å². The second-order valence-electron chi connectivity index (χ2n) is 12.0. The van der Waals surface area contributed by atoms with Gasteiger partial charge in [-0.2, -0.15) is 0 Å². The highest BCUT2D eigenvalue weighted by Crippen LogP contribution is 2.64. The van der Waals surface area contributed by atoms with E-state index in [-0.39, 0.29) is 23.5 Å². The van der Waals surface area contributed by atoms with Gasteiger partial charge in [-0.1, -0.05) is 0 Å². The zero-order valence-corrected chi connectivity index (χ0v) is 20.7. The summed E-state index contributed by atoms with van der Waals surface area (Å²) in [6.07, 6.45) is 13.4. The Bertz CT molecular complexity index is 1200. The second kappa shape index (κ2) is 7.39. The van der Waals surface area contributed by atoms with Crippen molar-refractivity contribution >= 4 is 12.0 Å². The maximum atomic E-state index is 13.2. The molecular formula is C29H35N2O4+. The Balaban J connectivity index is 1.26. The van der Waals surface area contributed by atoms with Crippen molar-refractivity contribution in [3.63, 3.8) is 0 Å². The number of quaternary nitrogens is 1. The van der Waals surface area contributed by atoms with E-state index in [0.29, 0.717) is 17.7 Å². The lowest BCUT2D eigenvalue weighted by molar-refractivity contribution is -0.946. The van der Waals surface area contributed by atoms with Gasteiger partial charge in [0.15, 0.2) is 0 Å². The number of hydrogen-bond donors (Lipinski definition) is 1. The number of phenolic OH excluding ortho intramolecular Hbond substituents is 1. The minimum atomic E-state index is -0.112. The molecule has 1 amide bonds. The Labute approximate surface area is 206 Å². The van der Waals surface area contributed by atoms with E-state index in [0.717, 1.165) is 59.5 Å². The number of ether oxygens (including phenoxy) is 1. The van der Waals surface area contributed by atoms with Gasteiger partial charge >= 0.3 is 0 Å². The summed E-state index contributed by atoms with van der Waals surface area (Å²) in [5.41, 5.74) is 3.15. The zero-order chi connectivity index (χ0) is 23.9. The Hall–Kier alpha value is -2.73. The molecule has 2 aromatic rings. The van der Waals surface area contributed by atoms with Crippen molar-refractivity contribution in [2.45, 2.75) is 62.1 Å². The van der Waals surface area contributed by atoms with E-state index < -0.39 is 0 Å². The van der Waals surface area contributed by atoms with Gasteiger partial charge in [-0.3, -0.25) is 4.79 Å². The molecule has 6 heteroatoms. The zero-order valence-electron chi connectivity index (χ0n) is 20.7. The molecule has 7 rings (SSSR count). The molecule has 1 aromatic carbocycles. The van der Waals surface area contributed by atoms with Crippen molar-refractivity contribution < 1.29 is 23.5 Å². The number of rotatable bonds is 5. The van der Waals surface area contributed by atoms with E-state index in [1.165, 1.54) is 24.9 Å². The van der Waals surface area contributed by atoms with Crippen LogP contribution in [-0.4, -0.2) is 65.8 Å². The molecule has 1 N–H and O–H groups in total. The van der Waals surface area contributed by atoms with Crippen LogP contribution in [0.4, 0.5) is 0 Å². The summed E-state index contributed by atoms with van der Waals surface area (Å²) in [5, 5.41) is 11.0. The number of carbonyl (C=O) groups is 1. The maximum absolute atomic E-state index is 13.2. The first-order valence-corrected chi connectivity index (χ1v) is 13.2. The molecule has 1 spiro atoms. The molecule has 6 atom stereocenters. The molecule has 0 radical (unpaired) electrons. The number of piperidine rings is 1. The number of nitrogens with zero attached hydrogens (tertiary/aromatic N) is 2. The summed E-state index contributed by atoms with van der Waals surface area (Å²) in [6.45, 7) is 2.41. The molecule has 3 fully saturated rings. The number of amides is 1. The van der Waals surface area contributed by atoms with Crippen molar-refractivity contribution in [2.75, 3.05) is 27.2 Å². The van der Waals surface area contributed by atoms with Crippen LogP contribution in [0.5, 0.6) is 11.5 Å². The van der Waals surface area contributed by atoms with Crippen LogP contribution >= 0.6 is 0 Å².